The lowest BCUT2D eigenvalue weighted by atomic mass is 9.93. The lowest BCUT2D eigenvalue weighted by molar-refractivity contribution is -0.137. The summed E-state index contributed by atoms with van der Waals surface area (Å²) in [5, 5.41) is -0.655. The molecule has 4 heterocycles. The standard InChI is InChI=1S/C33H31F6N7O2S/c1-6-23(47)45-11-16(3)46(12-15(45)2)31-20-10-21(33(37,38)39)24(19-7-8-22(35)29-25(19)28(41-4)30(40)49-29)26(36)27(20)42-32(43-31)48-14-18-9-17(34)13-44(18)5/h6-8,10,15-18H,1,9,11-14,40H2,2-3,5H3/t15-,16+,17-,18+/m1/s1. The van der Waals surface area contributed by atoms with Crippen LogP contribution in [0.15, 0.2) is 30.9 Å². The molecule has 4 aromatic rings. The maximum atomic E-state index is 17.0. The van der Waals surface area contributed by atoms with E-state index in [4.69, 9.17) is 17.0 Å². The number of hydrogen-bond donors (Lipinski definition) is 1. The number of piperazine rings is 1. The van der Waals surface area contributed by atoms with Gasteiger partial charge in [0.05, 0.1) is 21.8 Å². The summed E-state index contributed by atoms with van der Waals surface area (Å²) in [5.41, 5.74) is 2.41. The van der Waals surface area contributed by atoms with E-state index in [1.807, 2.05) is 0 Å². The lowest BCUT2D eigenvalue weighted by Crippen LogP contribution is -2.58. The molecule has 6 rings (SSSR count). The van der Waals surface area contributed by atoms with Crippen molar-refractivity contribution in [2.24, 2.45) is 0 Å². The van der Waals surface area contributed by atoms with Gasteiger partial charge in [-0.05, 0) is 51.1 Å². The van der Waals surface area contributed by atoms with Gasteiger partial charge in [-0.3, -0.25) is 9.69 Å². The van der Waals surface area contributed by atoms with E-state index in [1.165, 1.54) is 6.08 Å². The van der Waals surface area contributed by atoms with Gasteiger partial charge in [-0.25, -0.2) is 18.0 Å². The Labute approximate surface area is 281 Å². The zero-order valence-corrected chi connectivity index (χ0v) is 27.4. The van der Waals surface area contributed by atoms with Crippen LogP contribution >= 0.6 is 11.3 Å². The molecule has 2 aliphatic heterocycles. The average molecular weight is 704 g/mol. The second-order valence-electron chi connectivity index (χ2n) is 12.3. The van der Waals surface area contributed by atoms with E-state index in [0.717, 1.165) is 18.2 Å². The number of fused-ring (bicyclic) bond motifs is 2. The first kappa shape index (κ1) is 34.3. The molecule has 2 aromatic carbocycles. The second-order valence-corrected chi connectivity index (χ2v) is 13.4. The van der Waals surface area contributed by atoms with Gasteiger partial charge in [0.25, 0.3) is 0 Å². The van der Waals surface area contributed by atoms with Crippen LogP contribution in [0.2, 0.25) is 0 Å². The minimum Gasteiger partial charge on any atom is -0.462 e. The molecule has 0 spiro atoms. The highest BCUT2D eigenvalue weighted by atomic mass is 32.1. The number of nitrogens with zero attached hydrogens (tertiary/aromatic N) is 6. The van der Waals surface area contributed by atoms with Crippen LogP contribution in [0, 0.1) is 18.2 Å². The largest absolute Gasteiger partial charge is 0.462 e. The number of alkyl halides is 4. The molecule has 2 aromatic heterocycles. The van der Waals surface area contributed by atoms with E-state index >= 15 is 4.39 Å². The van der Waals surface area contributed by atoms with Crippen LogP contribution in [0.5, 0.6) is 6.01 Å². The number of likely N-dealkylation sites (N-methyl/N-ethyl adjacent to an activating group) is 1. The van der Waals surface area contributed by atoms with Crippen molar-refractivity contribution in [1.29, 1.82) is 0 Å². The molecule has 16 heteroatoms. The number of nitrogens with two attached hydrogens (primary N) is 1. The quantitative estimate of drug-likeness (QED) is 0.132. The van der Waals surface area contributed by atoms with Crippen molar-refractivity contribution in [3.63, 3.8) is 0 Å². The Hall–Kier alpha value is -4.62. The maximum absolute atomic E-state index is 17.0. The third kappa shape index (κ3) is 5.99. The molecule has 0 unspecified atom stereocenters. The number of likely N-dealkylation sites (tertiary alicyclic amines) is 1. The lowest BCUT2D eigenvalue weighted by Gasteiger charge is -2.44. The van der Waals surface area contributed by atoms with Crippen LogP contribution in [-0.2, 0) is 11.0 Å². The van der Waals surface area contributed by atoms with Crippen LogP contribution in [0.1, 0.15) is 25.8 Å². The zero-order valence-electron chi connectivity index (χ0n) is 26.6. The number of anilines is 2. The molecule has 49 heavy (non-hydrogen) atoms. The number of halogens is 6. The van der Waals surface area contributed by atoms with Crippen LogP contribution in [0.25, 0.3) is 37.0 Å². The number of carbonyl (C=O) groups excluding carboxylic acids is 1. The highest BCUT2D eigenvalue weighted by Gasteiger charge is 2.40. The Balaban J connectivity index is 1.60. The number of benzene rings is 2. The fourth-order valence-corrected chi connectivity index (χ4v) is 7.62. The third-order valence-corrected chi connectivity index (χ3v) is 10.1. The molecule has 0 saturated carbocycles. The van der Waals surface area contributed by atoms with Crippen molar-refractivity contribution in [3.8, 4) is 17.1 Å². The van der Waals surface area contributed by atoms with Crippen LogP contribution < -0.4 is 15.4 Å². The third-order valence-electron chi connectivity index (χ3n) is 9.13. The number of aromatic nitrogens is 2. The Morgan fingerprint density at radius 3 is 2.57 bits per heavy atom. The SMILES string of the molecule is [C-]#[N+]c1c(N)sc2c(F)ccc(-c3c(C(F)(F)F)cc4c(N5C[C@@H](C)N(C(=O)C=C)C[C@@H]5C)nc(OC[C@@H]5C[C@@H](F)CN5C)nc4c3F)c12. The maximum Gasteiger partial charge on any atom is 0.417 e. The first-order valence-electron chi connectivity index (χ1n) is 15.3. The molecule has 0 radical (unpaired) electrons. The fraction of sp³-hybridized carbons (Fsp3) is 0.394. The molecule has 9 nitrogen and oxygen atoms in total. The summed E-state index contributed by atoms with van der Waals surface area (Å²) in [6.07, 6.45) is -4.86. The summed E-state index contributed by atoms with van der Waals surface area (Å²) < 4.78 is 96.5. The predicted molar refractivity (Wildman–Crippen MR) is 176 cm³/mol. The minimum absolute atomic E-state index is 0.0602. The number of thiophene rings is 1. The van der Waals surface area contributed by atoms with Crippen LogP contribution in [-0.4, -0.2) is 83.3 Å². The molecule has 2 fully saturated rings. The smallest absolute Gasteiger partial charge is 0.417 e. The molecule has 4 atom stereocenters. The van der Waals surface area contributed by atoms with Gasteiger partial charge >= 0.3 is 12.2 Å². The molecule has 2 saturated heterocycles. The number of rotatable bonds is 6. The highest BCUT2D eigenvalue weighted by molar-refractivity contribution is 7.23. The number of nitrogen functional groups attached to an aromatic ring is 1. The summed E-state index contributed by atoms with van der Waals surface area (Å²) in [5.74, 6) is -2.61. The van der Waals surface area contributed by atoms with Gasteiger partial charge in [-0.15, -0.1) is 11.3 Å². The van der Waals surface area contributed by atoms with Crippen molar-refractivity contribution < 1.29 is 35.9 Å². The van der Waals surface area contributed by atoms with Crippen molar-refractivity contribution in [3.05, 3.63) is 59.5 Å². The second kappa shape index (κ2) is 12.7. The van der Waals surface area contributed by atoms with Gasteiger partial charge < -0.3 is 20.3 Å². The molecule has 2 aliphatic rings. The van der Waals surface area contributed by atoms with E-state index in [-0.39, 0.29) is 88.2 Å². The van der Waals surface area contributed by atoms with E-state index in [1.54, 1.807) is 35.6 Å². The summed E-state index contributed by atoms with van der Waals surface area (Å²) in [4.78, 5) is 29.5. The molecule has 0 aliphatic carbocycles. The average Bonchev–Trinajstić information content (AvgIpc) is 3.57. The monoisotopic (exact) mass is 703 g/mol. The van der Waals surface area contributed by atoms with Crippen molar-refractivity contribution >= 4 is 54.7 Å². The van der Waals surface area contributed by atoms with E-state index < -0.39 is 52.7 Å². The Bertz CT molecular complexity index is 2030. The highest BCUT2D eigenvalue weighted by Crippen LogP contribution is 2.50. The Kier molecular flexibility index (Phi) is 8.86. The van der Waals surface area contributed by atoms with Gasteiger partial charge in [0.15, 0.2) is 5.82 Å². The summed E-state index contributed by atoms with van der Waals surface area (Å²) in [7, 11) is 1.72. The first-order chi connectivity index (χ1) is 23.1. The summed E-state index contributed by atoms with van der Waals surface area (Å²) in [6.45, 7) is 15.0. The van der Waals surface area contributed by atoms with Gasteiger partial charge in [0.1, 0.15) is 29.9 Å². The van der Waals surface area contributed by atoms with Crippen LogP contribution in [0.3, 0.4) is 0 Å². The van der Waals surface area contributed by atoms with Crippen molar-refractivity contribution in [1.82, 2.24) is 19.8 Å². The topological polar surface area (TPSA) is 92.2 Å². The molecule has 0 bridgehead atoms. The number of hydrogen-bond acceptors (Lipinski definition) is 8. The summed E-state index contributed by atoms with van der Waals surface area (Å²) >= 11 is 0.677. The Morgan fingerprint density at radius 1 is 1.20 bits per heavy atom. The number of amides is 1. The molecule has 1 amide bonds. The van der Waals surface area contributed by atoms with E-state index in [9.17, 15) is 26.7 Å². The van der Waals surface area contributed by atoms with Crippen molar-refractivity contribution in [2.45, 2.75) is 50.7 Å². The molecular formula is C33H31F6N7O2S. The molecular weight excluding hydrogens is 672 g/mol. The van der Waals surface area contributed by atoms with Gasteiger partial charge in [0.2, 0.25) is 11.6 Å². The van der Waals surface area contributed by atoms with E-state index in [2.05, 4.69) is 21.4 Å². The fourth-order valence-electron chi connectivity index (χ4n) is 6.68. The number of carbonyl (C=O) groups is 1. The zero-order chi connectivity index (χ0) is 35.5. The van der Waals surface area contributed by atoms with Gasteiger partial charge in [-0.1, -0.05) is 12.6 Å². The molecule has 258 valence electrons. The predicted octanol–water partition coefficient (Wildman–Crippen LogP) is 6.97. The Morgan fingerprint density at radius 2 is 1.94 bits per heavy atom. The molecule has 2 N–H and O–H groups in total. The van der Waals surface area contributed by atoms with Crippen molar-refractivity contribution in [2.75, 3.05) is 43.9 Å². The first-order valence-corrected chi connectivity index (χ1v) is 16.1. The number of ether oxygens (including phenoxy) is 1. The van der Waals surface area contributed by atoms with Gasteiger partial charge in [-0.2, -0.15) is 23.1 Å². The van der Waals surface area contributed by atoms with Crippen LogP contribution in [0.4, 0.5) is 42.8 Å². The van der Waals surface area contributed by atoms with Gasteiger partial charge in [0, 0.05) is 54.1 Å². The minimum atomic E-state index is -5.12. The van der Waals surface area contributed by atoms with E-state index in [0.29, 0.717) is 11.3 Å². The summed E-state index contributed by atoms with van der Waals surface area (Å²) in [6, 6.07) is 0.990. The normalized spacial score (nSPS) is 21.8.